The van der Waals surface area contributed by atoms with Gasteiger partial charge in [-0.15, -0.1) is 11.3 Å². The number of aryl methyl sites for hydroxylation is 2. The number of aromatic nitrogens is 1. The normalized spacial score (nSPS) is 10.5. The molecule has 0 fully saturated rings. The number of nitrogens with one attached hydrogen (secondary N) is 1. The lowest BCUT2D eigenvalue weighted by Crippen LogP contribution is -2.28. The molecule has 0 radical (unpaired) electrons. The predicted molar refractivity (Wildman–Crippen MR) is 101 cm³/mol. The summed E-state index contributed by atoms with van der Waals surface area (Å²) in [6.45, 7) is 4.44. The van der Waals surface area contributed by atoms with Crippen LogP contribution >= 0.6 is 11.3 Å². The van der Waals surface area contributed by atoms with E-state index >= 15 is 0 Å². The number of carbonyl (C=O) groups excluding carboxylic acids is 1. The van der Waals surface area contributed by atoms with Gasteiger partial charge in [-0.1, -0.05) is 42.5 Å². The lowest BCUT2D eigenvalue weighted by Gasteiger charge is -2.09. The van der Waals surface area contributed by atoms with Crippen molar-refractivity contribution in [3.8, 4) is 16.3 Å². The van der Waals surface area contributed by atoms with Gasteiger partial charge in [-0.05, 0) is 31.0 Å². The summed E-state index contributed by atoms with van der Waals surface area (Å²) in [7, 11) is 0. The highest BCUT2D eigenvalue weighted by molar-refractivity contribution is 7.13. The van der Waals surface area contributed by atoms with Gasteiger partial charge in [-0.25, -0.2) is 4.98 Å². The summed E-state index contributed by atoms with van der Waals surface area (Å²) in [6, 6.07) is 15.7. The fourth-order valence-corrected chi connectivity index (χ4v) is 3.17. The van der Waals surface area contributed by atoms with E-state index < -0.39 is 0 Å². The molecule has 0 bridgehead atoms. The van der Waals surface area contributed by atoms with Crippen LogP contribution in [0.2, 0.25) is 0 Å². The van der Waals surface area contributed by atoms with E-state index in [4.69, 9.17) is 4.74 Å². The van der Waals surface area contributed by atoms with Crippen molar-refractivity contribution in [3.05, 3.63) is 70.7 Å². The molecule has 0 spiro atoms. The Morgan fingerprint density at radius 3 is 2.56 bits per heavy atom. The van der Waals surface area contributed by atoms with Crippen LogP contribution in [0.1, 0.15) is 16.8 Å². The van der Waals surface area contributed by atoms with Crippen LogP contribution in [0.5, 0.6) is 5.75 Å². The van der Waals surface area contributed by atoms with Gasteiger partial charge in [-0.2, -0.15) is 0 Å². The molecule has 0 atom stereocenters. The van der Waals surface area contributed by atoms with Crippen LogP contribution < -0.4 is 10.1 Å². The maximum Gasteiger partial charge on any atom is 0.258 e. The highest BCUT2D eigenvalue weighted by atomic mass is 32.1. The molecule has 0 aliphatic heterocycles. The van der Waals surface area contributed by atoms with Gasteiger partial charge in [0.15, 0.2) is 6.61 Å². The van der Waals surface area contributed by atoms with Crippen LogP contribution in [-0.4, -0.2) is 17.5 Å². The van der Waals surface area contributed by atoms with E-state index in [-0.39, 0.29) is 12.5 Å². The minimum atomic E-state index is -0.136. The third-order valence-corrected chi connectivity index (χ3v) is 4.77. The summed E-state index contributed by atoms with van der Waals surface area (Å²) in [4.78, 5) is 16.4. The van der Waals surface area contributed by atoms with Crippen LogP contribution in [0.3, 0.4) is 0 Å². The second-order valence-corrected chi connectivity index (χ2v) is 6.68. The van der Waals surface area contributed by atoms with E-state index in [0.29, 0.717) is 6.54 Å². The highest BCUT2D eigenvalue weighted by Gasteiger charge is 2.06. The van der Waals surface area contributed by atoms with E-state index in [1.54, 1.807) is 11.3 Å². The fraction of sp³-hybridized carbons (Fsp3) is 0.200. The maximum atomic E-state index is 11.9. The third kappa shape index (κ3) is 4.67. The topological polar surface area (TPSA) is 51.2 Å². The standard InChI is InChI=1S/C20H20N2O2S/c1-14-5-3-4-6-18(14)24-12-19(23)21-11-16-7-9-17(10-8-16)20-22-15(2)13-25-20/h3-10,13H,11-12H2,1-2H3,(H,21,23). The van der Waals surface area contributed by atoms with Gasteiger partial charge in [0, 0.05) is 23.2 Å². The van der Waals surface area contributed by atoms with Crippen LogP contribution in [0.25, 0.3) is 10.6 Å². The Bertz CT molecular complexity index is 856. The average Bonchev–Trinajstić information content (AvgIpc) is 3.06. The zero-order valence-electron chi connectivity index (χ0n) is 14.3. The van der Waals surface area contributed by atoms with E-state index in [2.05, 4.69) is 10.3 Å². The Labute approximate surface area is 151 Å². The number of hydrogen-bond donors (Lipinski definition) is 1. The molecule has 128 valence electrons. The lowest BCUT2D eigenvalue weighted by molar-refractivity contribution is -0.123. The van der Waals surface area contributed by atoms with Crippen molar-refractivity contribution in [3.63, 3.8) is 0 Å². The first kappa shape index (κ1) is 17.2. The third-order valence-electron chi connectivity index (χ3n) is 3.76. The van der Waals surface area contributed by atoms with E-state index in [0.717, 1.165) is 33.1 Å². The second kappa shape index (κ2) is 7.94. The molecular formula is C20H20N2O2S. The van der Waals surface area contributed by atoms with Gasteiger partial charge in [0.05, 0.1) is 0 Å². The number of carbonyl (C=O) groups is 1. The number of nitrogens with zero attached hydrogens (tertiary/aromatic N) is 1. The molecule has 0 saturated heterocycles. The summed E-state index contributed by atoms with van der Waals surface area (Å²) in [5, 5.41) is 5.93. The van der Waals surface area contributed by atoms with Crippen molar-refractivity contribution in [2.24, 2.45) is 0 Å². The van der Waals surface area contributed by atoms with Crippen molar-refractivity contribution in [2.45, 2.75) is 20.4 Å². The molecule has 0 aliphatic rings. The van der Waals surface area contributed by atoms with Gasteiger partial charge in [0.25, 0.3) is 5.91 Å². The molecular weight excluding hydrogens is 332 g/mol. The average molecular weight is 352 g/mol. The quantitative estimate of drug-likeness (QED) is 0.726. The highest BCUT2D eigenvalue weighted by Crippen LogP contribution is 2.23. The maximum absolute atomic E-state index is 11.9. The number of rotatable bonds is 6. The number of ether oxygens (including phenoxy) is 1. The van der Waals surface area contributed by atoms with Crippen molar-refractivity contribution in [1.29, 1.82) is 0 Å². The Hall–Kier alpha value is -2.66. The van der Waals surface area contributed by atoms with Gasteiger partial charge in [-0.3, -0.25) is 4.79 Å². The molecule has 4 nitrogen and oxygen atoms in total. The van der Waals surface area contributed by atoms with Crippen LogP contribution in [0.15, 0.2) is 53.9 Å². The summed E-state index contributed by atoms with van der Waals surface area (Å²) in [5.74, 6) is 0.601. The van der Waals surface area contributed by atoms with E-state index in [1.165, 1.54) is 0 Å². The molecule has 5 heteroatoms. The molecule has 1 heterocycles. The van der Waals surface area contributed by atoms with Crippen molar-refractivity contribution in [1.82, 2.24) is 10.3 Å². The van der Waals surface area contributed by atoms with Crippen molar-refractivity contribution >= 4 is 17.2 Å². The van der Waals surface area contributed by atoms with Gasteiger partial charge < -0.3 is 10.1 Å². The monoisotopic (exact) mass is 352 g/mol. The second-order valence-electron chi connectivity index (χ2n) is 5.82. The number of hydrogen-bond acceptors (Lipinski definition) is 4. The summed E-state index contributed by atoms with van der Waals surface area (Å²) >= 11 is 1.63. The number of thiazole rings is 1. The van der Waals surface area contributed by atoms with E-state index in [1.807, 2.05) is 67.8 Å². The van der Waals surface area contributed by atoms with Gasteiger partial charge in [0.2, 0.25) is 0 Å². The molecule has 1 N–H and O–H groups in total. The molecule has 0 saturated carbocycles. The van der Waals surface area contributed by atoms with Crippen molar-refractivity contribution < 1.29 is 9.53 Å². The van der Waals surface area contributed by atoms with Crippen molar-refractivity contribution in [2.75, 3.05) is 6.61 Å². The molecule has 0 aliphatic carbocycles. The molecule has 25 heavy (non-hydrogen) atoms. The molecule has 3 rings (SSSR count). The largest absolute Gasteiger partial charge is 0.484 e. The first-order chi connectivity index (χ1) is 12.1. The molecule has 1 aromatic heterocycles. The predicted octanol–water partition coefficient (Wildman–Crippen LogP) is 4.12. The first-order valence-electron chi connectivity index (χ1n) is 8.08. The SMILES string of the molecule is Cc1csc(-c2ccc(CNC(=O)COc3ccccc3C)cc2)n1. The zero-order chi connectivity index (χ0) is 17.6. The minimum Gasteiger partial charge on any atom is -0.484 e. The number of benzene rings is 2. The number of amides is 1. The Morgan fingerprint density at radius 2 is 1.88 bits per heavy atom. The van der Waals surface area contributed by atoms with E-state index in [9.17, 15) is 4.79 Å². The molecule has 1 amide bonds. The minimum absolute atomic E-state index is 0.0152. The molecule has 0 unspecified atom stereocenters. The zero-order valence-corrected chi connectivity index (χ0v) is 15.1. The van der Waals surface area contributed by atoms with Crippen LogP contribution in [-0.2, 0) is 11.3 Å². The van der Waals surface area contributed by atoms with Gasteiger partial charge in [0.1, 0.15) is 10.8 Å². The fourth-order valence-electron chi connectivity index (χ4n) is 2.37. The Morgan fingerprint density at radius 1 is 1.12 bits per heavy atom. The number of para-hydroxylation sites is 1. The summed E-state index contributed by atoms with van der Waals surface area (Å²) < 4.78 is 5.55. The first-order valence-corrected chi connectivity index (χ1v) is 8.96. The van der Waals surface area contributed by atoms with Crippen LogP contribution in [0, 0.1) is 13.8 Å². The molecule has 2 aromatic carbocycles. The van der Waals surface area contributed by atoms with Gasteiger partial charge >= 0.3 is 0 Å². The summed E-state index contributed by atoms with van der Waals surface area (Å²) in [5.41, 5.74) is 4.19. The smallest absolute Gasteiger partial charge is 0.258 e. The molecule has 3 aromatic rings. The van der Waals surface area contributed by atoms with Crippen LogP contribution in [0.4, 0.5) is 0 Å². The Balaban J connectivity index is 1.49. The summed E-state index contributed by atoms with van der Waals surface area (Å²) in [6.07, 6.45) is 0. The lowest BCUT2D eigenvalue weighted by atomic mass is 10.1. The Kier molecular flexibility index (Phi) is 5.46.